The zero-order chi connectivity index (χ0) is 17.1. The molecule has 2 aliphatic rings. The van der Waals surface area contributed by atoms with E-state index in [1.165, 1.54) is 19.3 Å². The van der Waals surface area contributed by atoms with Gasteiger partial charge in [0, 0.05) is 30.4 Å². The van der Waals surface area contributed by atoms with Crippen molar-refractivity contribution in [2.24, 2.45) is 5.92 Å². The van der Waals surface area contributed by atoms with Crippen molar-refractivity contribution in [2.75, 3.05) is 18.4 Å². The fraction of sp³-hybridized carbons (Fsp3) is 0.550. The standard InChI is InChI=1S/C20H26N4O/c25-20(15-6-2-1-3-7-15)24-12-10-16(11-13-24)23-19-17-8-4-5-9-18(17)21-14-22-19/h4-5,8-9,14-16H,1-3,6-7,10-13H2,(H,21,22,23). The monoisotopic (exact) mass is 338 g/mol. The van der Waals surface area contributed by atoms with Gasteiger partial charge in [0.15, 0.2) is 0 Å². The molecule has 1 aliphatic carbocycles. The maximum atomic E-state index is 12.7. The lowest BCUT2D eigenvalue weighted by Gasteiger charge is -2.35. The van der Waals surface area contributed by atoms with E-state index in [0.29, 0.717) is 11.9 Å². The van der Waals surface area contributed by atoms with Gasteiger partial charge < -0.3 is 10.2 Å². The number of nitrogens with zero attached hydrogens (tertiary/aromatic N) is 3. The third kappa shape index (κ3) is 3.60. The predicted molar refractivity (Wildman–Crippen MR) is 99.3 cm³/mol. The molecule has 132 valence electrons. The van der Waals surface area contributed by atoms with Crippen molar-refractivity contribution in [1.29, 1.82) is 0 Å². The van der Waals surface area contributed by atoms with Crippen LogP contribution in [0.3, 0.4) is 0 Å². The number of para-hydroxylation sites is 1. The van der Waals surface area contributed by atoms with Gasteiger partial charge in [-0.15, -0.1) is 0 Å². The van der Waals surface area contributed by atoms with Crippen molar-refractivity contribution < 1.29 is 4.79 Å². The van der Waals surface area contributed by atoms with E-state index in [1.807, 2.05) is 18.2 Å². The van der Waals surface area contributed by atoms with E-state index in [1.54, 1.807) is 6.33 Å². The lowest BCUT2D eigenvalue weighted by molar-refractivity contribution is -0.137. The second-order valence-corrected chi connectivity index (χ2v) is 7.32. The molecule has 0 spiro atoms. The predicted octanol–water partition coefficient (Wildman–Crippen LogP) is 3.61. The van der Waals surface area contributed by atoms with Crippen molar-refractivity contribution in [2.45, 2.75) is 51.0 Å². The summed E-state index contributed by atoms with van der Waals surface area (Å²) in [6.07, 6.45) is 9.49. The number of nitrogens with one attached hydrogen (secondary N) is 1. The first-order chi connectivity index (χ1) is 12.3. The first kappa shape index (κ1) is 16.3. The molecule has 5 heteroatoms. The van der Waals surface area contributed by atoms with Crippen molar-refractivity contribution >= 4 is 22.6 Å². The van der Waals surface area contributed by atoms with Gasteiger partial charge in [0.2, 0.25) is 5.91 Å². The van der Waals surface area contributed by atoms with Gasteiger partial charge in [-0.25, -0.2) is 9.97 Å². The second-order valence-electron chi connectivity index (χ2n) is 7.32. The number of carbonyl (C=O) groups is 1. The van der Waals surface area contributed by atoms with Crippen molar-refractivity contribution in [3.63, 3.8) is 0 Å². The zero-order valence-corrected chi connectivity index (χ0v) is 14.7. The largest absolute Gasteiger partial charge is 0.367 e. The number of piperidine rings is 1. The number of fused-ring (bicyclic) bond motifs is 1. The van der Waals surface area contributed by atoms with E-state index in [-0.39, 0.29) is 5.92 Å². The maximum absolute atomic E-state index is 12.7. The maximum Gasteiger partial charge on any atom is 0.225 e. The van der Waals surface area contributed by atoms with Crippen LogP contribution in [-0.4, -0.2) is 39.9 Å². The van der Waals surface area contributed by atoms with Crippen molar-refractivity contribution in [1.82, 2.24) is 14.9 Å². The third-order valence-electron chi connectivity index (χ3n) is 5.64. The summed E-state index contributed by atoms with van der Waals surface area (Å²) in [7, 11) is 0. The van der Waals surface area contributed by atoms with Gasteiger partial charge in [0.1, 0.15) is 12.1 Å². The molecule has 5 nitrogen and oxygen atoms in total. The highest BCUT2D eigenvalue weighted by Gasteiger charge is 2.29. The SMILES string of the molecule is O=C(C1CCCCC1)N1CCC(Nc2ncnc3ccccc23)CC1. The molecule has 0 radical (unpaired) electrons. The first-order valence-corrected chi connectivity index (χ1v) is 9.56. The summed E-state index contributed by atoms with van der Waals surface area (Å²) in [4.78, 5) is 23.5. The second kappa shape index (κ2) is 7.38. The van der Waals surface area contributed by atoms with Crippen LogP contribution >= 0.6 is 0 Å². The van der Waals surface area contributed by atoms with E-state index >= 15 is 0 Å². The van der Waals surface area contributed by atoms with Crippen LogP contribution in [0.15, 0.2) is 30.6 Å². The van der Waals surface area contributed by atoms with Crippen LogP contribution in [0.1, 0.15) is 44.9 Å². The molecule has 1 aliphatic heterocycles. The van der Waals surface area contributed by atoms with Gasteiger partial charge in [-0.1, -0.05) is 31.4 Å². The Morgan fingerprint density at radius 2 is 1.76 bits per heavy atom. The highest BCUT2D eigenvalue weighted by atomic mass is 16.2. The number of aromatic nitrogens is 2. The topological polar surface area (TPSA) is 58.1 Å². The van der Waals surface area contributed by atoms with Gasteiger partial charge in [0.05, 0.1) is 5.52 Å². The van der Waals surface area contributed by atoms with Crippen LogP contribution in [0.5, 0.6) is 0 Å². The Labute approximate surface area is 148 Å². The number of hydrogen-bond acceptors (Lipinski definition) is 4. The number of amides is 1. The molecule has 0 bridgehead atoms. The summed E-state index contributed by atoms with van der Waals surface area (Å²) < 4.78 is 0. The lowest BCUT2D eigenvalue weighted by Crippen LogP contribution is -2.45. The van der Waals surface area contributed by atoms with Gasteiger partial charge in [-0.2, -0.15) is 0 Å². The average Bonchev–Trinajstić information content (AvgIpc) is 2.69. The summed E-state index contributed by atoms with van der Waals surface area (Å²) in [6.45, 7) is 1.71. The highest BCUT2D eigenvalue weighted by molar-refractivity contribution is 5.88. The Hall–Kier alpha value is -2.17. The molecule has 1 N–H and O–H groups in total. The summed E-state index contributed by atoms with van der Waals surface area (Å²) >= 11 is 0. The first-order valence-electron chi connectivity index (χ1n) is 9.56. The third-order valence-corrected chi connectivity index (χ3v) is 5.64. The summed E-state index contributed by atoms with van der Waals surface area (Å²) in [5, 5.41) is 4.63. The molecule has 1 aromatic heterocycles. The molecule has 0 unspecified atom stereocenters. The Balaban J connectivity index is 1.36. The van der Waals surface area contributed by atoms with Crippen LogP contribution in [0, 0.1) is 5.92 Å². The Bertz CT molecular complexity index is 728. The molecule has 1 aromatic carbocycles. The van der Waals surface area contributed by atoms with Crippen LogP contribution in [0.4, 0.5) is 5.82 Å². The van der Waals surface area contributed by atoms with Gasteiger partial charge in [-0.05, 0) is 37.8 Å². The van der Waals surface area contributed by atoms with Crippen LogP contribution in [0.25, 0.3) is 10.9 Å². The Morgan fingerprint density at radius 3 is 2.56 bits per heavy atom. The molecule has 1 amide bonds. The molecule has 2 aromatic rings. The molecule has 25 heavy (non-hydrogen) atoms. The lowest BCUT2D eigenvalue weighted by atomic mass is 9.87. The molecule has 4 rings (SSSR count). The number of hydrogen-bond donors (Lipinski definition) is 1. The van der Waals surface area contributed by atoms with E-state index in [0.717, 1.165) is 55.5 Å². The molecular weight excluding hydrogens is 312 g/mol. The minimum atomic E-state index is 0.282. The van der Waals surface area contributed by atoms with Gasteiger partial charge >= 0.3 is 0 Å². The van der Waals surface area contributed by atoms with Gasteiger partial charge in [0.25, 0.3) is 0 Å². The fourth-order valence-electron chi connectivity index (χ4n) is 4.17. The number of carbonyl (C=O) groups excluding carboxylic acids is 1. The van der Waals surface area contributed by atoms with Gasteiger partial charge in [-0.3, -0.25) is 4.79 Å². The minimum absolute atomic E-state index is 0.282. The van der Waals surface area contributed by atoms with E-state index in [9.17, 15) is 4.79 Å². The average molecular weight is 338 g/mol. The molecular formula is C20H26N4O. The molecule has 1 saturated heterocycles. The summed E-state index contributed by atoms with van der Waals surface area (Å²) in [5.74, 6) is 1.58. The molecule has 2 fully saturated rings. The van der Waals surface area contributed by atoms with Crippen LogP contribution in [0.2, 0.25) is 0 Å². The number of rotatable bonds is 3. The van der Waals surface area contributed by atoms with E-state index in [2.05, 4.69) is 26.3 Å². The van der Waals surface area contributed by atoms with E-state index in [4.69, 9.17) is 0 Å². The summed E-state index contributed by atoms with van der Waals surface area (Å²) in [5.41, 5.74) is 0.963. The fourth-order valence-corrected chi connectivity index (χ4v) is 4.17. The minimum Gasteiger partial charge on any atom is -0.367 e. The van der Waals surface area contributed by atoms with Crippen molar-refractivity contribution in [3.05, 3.63) is 30.6 Å². The quantitative estimate of drug-likeness (QED) is 0.929. The number of anilines is 1. The van der Waals surface area contributed by atoms with E-state index < -0.39 is 0 Å². The Kier molecular flexibility index (Phi) is 4.81. The van der Waals surface area contributed by atoms with Crippen molar-refractivity contribution in [3.8, 4) is 0 Å². The molecule has 0 atom stereocenters. The molecule has 1 saturated carbocycles. The number of likely N-dealkylation sites (tertiary alicyclic amines) is 1. The highest BCUT2D eigenvalue weighted by Crippen LogP contribution is 2.27. The van der Waals surface area contributed by atoms with Crippen LogP contribution < -0.4 is 5.32 Å². The van der Waals surface area contributed by atoms with Crippen LogP contribution in [-0.2, 0) is 4.79 Å². The number of benzene rings is 1. The Morgan fingerprint density at radius 1 is 1.00 bits per heavy atom. The molecule has 2 heterocycles. The summed E-state index contributed by atoms with van der Waals surface area (Å²) in [6, 6.07) is 8.44. The zero-order valence-electron chi connectivity index (χ0n) is 14.7. The normalized spacial score (nSPS) is 19.9. The smallest absolute Gasteiger partial charge is 0.225 e.